The van der Waals surface area contributed by atoms with E-state index < -0.39 is 0 Å². The fourth-order valence-corrected chi connectivity index (χ4v) is 3.63. The van der Waals surface area contributed by atoms with Crippen molar-refractivity contribution >= 4 is 18.3 Å². The van der Waals surface area contributed by atoms with E-state index >= 15 is 0 Å². The van der Waals surface area contributed by atoms with Crippen LogP contribution >= 0.6 is 12.4 Å². The highest BCUT2D eigenvalue weighted by molar-refractivity contribution is 5.94. The minimum absolute atomic E-state index is 0. The number of benzene rings is 1. The van der Waals surface area contributed by atoms with E-state index in [1.807, 2.05) is 4.90 Å². The molecule has 1 N–H and O–H groups in total. The molecule has 1 aliphatic heterocycles. The minimum atomic E-state index is -0.312. The number of hydrogen-bond acceptors (Lipinski definition) is 3. The molecule has 25 heavy (non-hydrogen) atoms. The van der Waals surface area contributed by atoms with Crippen molar-refractivity contribution in [1.82, 2.24) is 20.0 Å². The number of nitrogens with one attached hydrogen (secondary N) is 1. The quantitative estimate of drug-likeness (QED) is 0.890. The van der Waals surface area contributed by atoms with Gasteiger partial charge in [0.25, 0.3) is 5.91 Å². The van der Waals surface area contributed by atoms with Gasteiger partial charge < -0.3 is 10.2 Å². The van der Waals surface area contributed by atoms with Crippen molar-refractivity contribution in [3.05, 3.63) is 47.0 Å². The summed E-state index contributed by atoms with van der Waals surface area (Å²) in [5.41, 5.74) is 2.91. The molecule has 1 aromatic heterocycles. The molecule has 0 bridgehead atoms. The Morgan fingerprint density at radius 1 is 1.12 bits per heavy atom. The zero-order chi connectivity index (χ0) is 16.5. The van der Waals surface area contributed by atoms with Gasteiger partial charge in [-0.25, -0.2) is 9.07 Å². The average molecular weight is 365 g/mol. The molecular formula is C18H22ClFN4O. The van der Waals surface area contributed by atoms with E-state index in [2.05, 4.69) is 10.4 Å². The van der Waals surface area contributed by atoms with Crippen molar-refractivity contribution in [3.8, 4) is 5.69 Å². The molecule has 0 unspecified atom stereocenters. The number of fused-ring (bicyclic) bond motifs is 1. The van der Waals surface area contributed by atoms with Gasteiger partial charge in [0.05, 0.1) is 0 Å². The van der Waals surface area contributed by atoms with Gasteiger partial charge in [0.1, 0.15) is 11.5 Å². The number of halogens is 2. The maximum Gasteiger partial charge on any atom is 0.274 e. The largest absolute Gasteiger partial charge is 0.336 e. The van der Waals surface area contributed by atoms with Crippen LogP contribution in [0.2, 0.25) is 0 Å². The number of rotatable bonds is 2. The predicted molar refractivity (Wildman–Crippen MR) is 96.2 cm³/mol. The van der Waals surface area contributed by atoms with Crippen LogP contribution in [0.25, 0.3) is 5.69 Å². The summed E-state index contributed by atoms with van der Waals surface area (Å²) < 4.78 is 15.8. The van der Waals surface area contributed by atoms with E-state index in [9.17, 15) is 9.18 Å². The molecule has 5 nitrogen and oxygen atoms in total. The smallest absolute Gasteiger partial charge is 0.274 e. The number of carbonyl (C=O) groups is 1. The molecule has 0 atom stereocenters. The molecule has 1 amide bonds. The molecule has 0 spiro atoms. The maximum atomic E-state index is 14.2. The van der Waals surface area contributed by atoms with E-state index in [0.717, 1.165) is 56.6 Å². The van der Waals surface area contributed by atoms with Crippen molar-refractivity contribution in [2.75, 3.05) is 26.2 Å². The molecule has 7 heteroatoms. The fourth-order valence-electron chi connectivity index (χ4n) is 3.63. The third-order valence-corrected chi connectivity index (χ3v) is 4.84. The Morgan fingerprint density at radius 3 is 2.80 bits per heavy atom. The normalized spacial score (nSPS) is 16.9. The maximum absolute atomic E-state index is 14.2. The van der Waals surface area contributed by atoms with Gasteiger partial charge in [-0.3, -0.25) is 4.79 Å². The van der Waals surface area contributed by atoms with Crippen molar-refractivity contribution in [2.45, 2.75) is 25.7 Å². The molecule has 0 radical (unpaired) electrons. The highest BCUT2D eigenvalue weighted by atomic mass is 35.5. The van der Waals surface area contributed by atoms with Gasteiger partial charge in [0.15, 0.2) is 5.69 Å². The van der Waals surface area contributed by atoms with Crippen LogP contribution in [0.4, 0.5) is 4.39 Å². The number of aromatic nitrogens is 2. The zero-order valence-electron chi connectivity index (χ0n) is 14.0. The van der Waals surface area contributed by atoms with Crippen molar-refractivity contribution < 1.29 is 9.18 Å². The number of para-hydroxylation sites is 1. The Bertz CT molecular complexity index is 768. The molecule has 134 valence electrons. The summed E-state index contributed by atoms with van der Waals surface area (Å²) in [5.74, 6) is -0.334. The molecule has 2 aliphatic rings. The van der Waals surface area contributed by atoms with Crippen LogP contribution in [0.3, 0.4) is 0 Å². The summed E-state index contributed by atoms with van der Waals surface area (Å²) in [7, 11) is 0. The number of carbonyl (C=O) groups excluding carboxylic acids is 1. The molecular weight excluding hydrogens is 343 g/mol. The molecule has 1 aliphatic carbocycles. The van der Waals surface area contributed by atoms with Crippen molar-refractivity contribution in [2.24, 2.45) is 0 Å². The van der Waals surface area contributed by atoms with Gasteiger partial charge in [-0.15, -0.1) is 12.4 Å². The second-order valence-corrected chi connectivity index (χ2v) is 6.39. The monoisotopic (exact) mass is 364 g/mol. The Balaban J connectivity index is 0.00000182. The van der Waals surface area contributed by atoms with Gasteiger partial charge in [0, 0.05) is 30.9 Å². The first kappa shape index (κ1) is 17.9. The third kappa shape index (κ3) is 3.28. The van der Waals surface area contributed by atoms with Crippen LogP contribution in [0, 0.1) is 5.82 Å². The second kappa shape index (κ2) is 7.54. The Morgan fingerprint density at radius 2 is 1.96 bits per heavy atom. The van der Waals surface area contributed by atoms with E-state index in [4.69, 9.17) is 0 Å². The van der Waals surface area contributed by atoms with Gasteiger partial charge in [-0.05, 0) is 44.4 Å². The minimum Gasteiger partial charge on any atom is -0.336 e. The van der Waals surface area contributed by atoms with Gasteiger partial charge in [-0.1, -0.05) is 12.1 Å². The summed E-state index contributed by atoms with van der Waals surface area (Å²) in [4.78, 5) is 14.8. The topological polar surface area (TPSA) is 50.2 Å². The lowest BCUT2D eigenvalue weighted by molar-refractivity contribution is 0.0759. The first-order valence-electron chi connectivity index (χ1n) is 8.61. The summed E-state index contributed by atoms with van der Waals surface area (Å²) in [5, 5.41) is 7.84. The van der Waals surface area contributed by atoms with Crippen LogP contribution in [-0.2, 0) is 12.8 Å². The highest BCUT2D eigenvalue weighted by Gasteiger charge is 2.30. The highest BCUT2D eigenvalue weighted by Crippen LogP contribution is 2.29. The molecule has 1 saturated heterocycles. The lowest BCUT2D eigenvalue weighted by Crippen LogP contribution is -2.35. The average Bonchev–Trinajstić information content (AvgIpc) is 3.08. The van der Waals surface area contributed by atoms with E-state index in [-0.39, 0.29) is 24.1 Å². The first-order chi connectivity index (χ1) is 11.8. The molecule has 2 heterocycles. The van der Waals surface area contributed by atoms with Gasteiger partial charge in [0.2, 0.25) is 0 Å². The van der Waals surface area contributed by atoms with Crippen molar-refractivity contribution in [3.63, 3.8) is 0 Å². The predicted octanol–water partition coefficient (Wildman–Crippen LogP) is 2.36. The van der Waals surface area contributed by atoms with E-state index in [0.29, 0.717) is 17.9 Å². The molecule has 1 aromatic carbocycles. The number of amides is 1. The third-order valence-electron chi connectivity index (χ3n) is 4.84. The van der Waals surface area contributed by atoms with Crippen LogP contribution in [0.1, 0.15) is 34.6 Å². The first-order valence-corrected chi connectivity index (χ1v) is 8.61. The van der Waals surface area contributed by atoms with E-state index in [1.54, 1.807) is 22.9 Å². The van der Waals surface area contributed by atoms with Crippen LogP contribution in [0.15, 0.2) is 24.3 Å². The van der Waals surface area contributed by atoms with E-state index in [1.165, 1.54) is 6.07 Å². The fraction of sp³-hybridized carbons (Fsp3) is 0.444. The Labute approximate surface area is 152 Å². The Hall–Kier alpha value is -1.92. The summed E-state index contributed by atoms with van der Waals surface area (Å²) in [6.45, 7) is 3.18. The molecule has 2 aromatic rings. The van der Waals surface area contributed by atoms with Crippen LogP contribution in [0.5, 0.6) is 0 Å². The van der Waals surface area contributed by atoms with Crippen LogP contribution < -0.4 is 5.32 Å². The Kier molecular flexibility index (Phi) is 5.39. The summed E-state index contributed by atoms with van der Waals surface area (Å²) in [6.07, 6.45) is 3.62. The number of nitrogens with zero attached hydrogens (tertiary/aromatic N) is 3. The molecule has 0 saturated carbocycles. The summed E-state index contributed by atoms with van der Waals surface area (Å²) >= 11 is 0. The SMILES string of the molecule is Cl.O=C(c1nn(-c2ccccc2F)c2c1CCC2)N1CCCNCC1. The standard InChI is InChI=1S/C18H21FN4O.ClH/c19-14-6-1-2-7-16(14)23-15-8-3-5-13(15)17(21-23)18(24)22-11-4-9-20-10-12-22;/h1-2,6-7,20H,3-5,8-12H2;1H. The second-order valence-electron chi connectivity index (χ2n) is 6.39. The van der Waals surface area contributed by atoms with Crippen LogP contribution in [-0.4, -0.2) is 46.8 Å². The summed E-state index contributed by atoms with van der Waals surface area (Å²) in [6, 6.07) is 6.60. The van der Waals surface area contributed by atoms with Gasteiger partial charge >= 0.3 is 0 Å². The zero-order valence-corrected chi connectivity index (χ0v) is 14.8. The molecule has 1 fully saturated rings. The van der Waals surface area contributed by atoms with Crippen molar-refractivity contribution in [1.29, 1.82) is 0 Å². The number of hydrogen-bond donors (Lipinski definition) is 1. The van der Waals surface area contributed by atoms with Gasteiger partial charge in [-0.2, -0.15) is 5.10 Å². The lowest BCUT2D eigenvalue weighted by atomic mass is 10.2. The molecule has 4 rings (SSSR count). The lowest BCUT2D eigenvalue weighted by Gasteiger charge is -2.19.